The number of nitro benzene ring substituents is 2. The van der Waals surface area contributed by atoms with Gasteiger partial charge in [0.25, 0.3) is 11.4 Å². The minimum absolute atomic E-state index is 0. The Morgan fingerprint density at radius 2 is 0.902 bits per heavy atom. The molecule has 1 radical (unpaired) electrons. The fraction of sp³-hybridized carbons (Fsp3) is 0.143. The topological polar surface area (TPSA) is 354 Å². The molecule has 0 saturated carbocycles. The summed E-state index contributed by atoms with van der Waals surface area (Å²) >= 11 is 0. The predicted octanol–water partition coefficient (Wildman–Crippen LogP) is 1.21. The molecule has 0 unspecified atom stereocenters. The van der Waals surface area contributed by atoms with Gasteiger partial charge in [0.1, 0.15) is 11.6 Å². The quantitative estimate of drug-likeness (QED) is 0.0823. The van der Waals surface area contributed by atoms with E-state index in [-0.39, 0.29) is 72.2 Å². The third-order valence-corrected chi connectivity index (χ3v) is 4.50. The van der Waals surface area contributed by atoms with E-state index in [0.29, 0.717) is 11.6 Å². The van der Waals surface area contributed by atoms with Crippen molar-refractivity contribution < 1.29 is 83.7 Å². The Bertz CT molecular complexity index is 1460. The zero-order valence-electron chi connectivity index (χ0n) is 27.1. The molecule has 279 valence electrons. The van der Waals surface area contributed by atoms with Crippen LogP contribution in [0.2, 0.25) is 0 Å². The van der Waals surface area contributed by atoms with Crippen molar-refractivity contribution in [3.63, 3.8) is 0 Å². The van der Waals surface area contributed by atoms with Crippen LogP contribution in [0.5, 0.6) is 11.5 Å². The molecule has 0 spiro atoms. The molecule has 0 aliphatic heterocycles. The zero-order valence-corrected chi connectivity index (χ0v) is 29.2. The molecule has 6 N–H and O–H groups in total. The maximum atomic E-state index is 11.5. The van der Waals surface area contributed by atoms with E-state index in [2.05, 4.69) is 31.0 Å². The minimum atomic E-state index is -1.75. The summed E-state index contributed by atoms with van der Waals surface area (Å²) in [6.07, 6.45) is 5.63. The fourth-order valence-corrected chi connectivity index (χ4v) is 2.69. The number of benzene rings is 2. The minimum Gasteiger partial charge on any atom is -0.872 e. The van der Waals surface area contributed by atoms with E-state index < -0.39 is 14.9 Å². The van der Waals surface area contributed by atoms with Crippen molar-refractivity contribution >= 4 is 35.4 Å². The number of hydrazone groups is 2. The Labute approximate surface area is 320 Å². The van der Waals surface area contributed by atoms with E-state index in [0.717, 1.165) is 52.7 Å². The van der Waals surface area contributed by atoms with Gasteiger partial charge in [0.2, 0.25) is 0 Å². The summed E-state index contributed by atoms with van der Waals surface area (Å²) in [5.74, 6) is 0.350. The van der Waals surface area contributed by atoms with Crippen molar-refractivity contribution in [1.82, 2.24) is 9.97 Å². The van der Waals surface area contributed by atoms with Crippen molar-refractivity contribution in [3.05, 3.63) is 132 Å². The third kappa shape index (κ3) is 25.1. The maximum Gasteiger partial charge on any atom is 3.00 e. The summed E-state index contributed by atoms with van der Waals surface area (Å²) in [6.45, 7) is 0. The van der Waals surface area contributed by atoms with Crippen LogP contribution in [0.1, 0.15) is 11.1 Å². The molecule has 4 rings (SSSR count). The van der Waals surface area contributed by atoms with Crippen LogP contribution in [0.15, 0.2) is 95.4 Å². The number of hydrogen-bond acceptors (Lipinski definition) is 19. The molecule has 2 aromatic carbocycles. The maximum absolute atomic E-state index is 11.5. The number of rotatable bonds is 8. The van der Waals surface area contributed by atoms with Crippen LogP contribution in [0.25, 0.3) is 0 Å². The van der Waals surface area contributed by atoms with Gasteiger partial charge in [-0.15, -0.1) is 0 Å². The van der Waals surface area contributed by atoms with Gasteiger partial charge in [-0.3, -0.25) is 31.1 Å². The molecular formula is C28H34DyN9O13. The van der Waals surface area contributed by atoms with E-state index in [1.807, 2.05) is 0 Å². The average Bonchev–Trinajstić information content (AvgIpc) is 3.14. The van der Waals surface area contributed by atoms with E-state index in [1.54, 1.807) is 48.8 Å². The molecule has 0 aliphatic rings. The number of aromatic nitrogens is 2. The molecule has 22 nitrogen and oxygen atoms in total. The third-order valence-electron chi connectivity index (χ3n) is 4.50. The number of nitrogens with zero attached hydrogens (tertiary/aromatic N) is 7. The number of nitro groups is 2. The molecule has 2 heterocycles. The van der Waals surface area contributed by atoms with Gasteiger partial charge in [0, 0.05) is 65.1 Å². The normalized spacial score (nSPS) is 8.78. The van der Waals surface area contributed by atoms with Gasteiger partial charge >= 0.3 is 38.2 Å². The summed E-state index contributed by atoms with van der Waals surface area (Å²) in [7, 11) is 4.00. The second-order valence-corrected chi connectivity index (χ2v) is 7.35. The Balaban J connectivity index is -0.000000328. The molecule has 0 atom stereocenters. The van der Waals surface area contributed by atoms with E-state index in [9.17, 15) is 30.4 Å². The van der Waals surface area contributed by atoms with Crippen LogP contribution in [0.4, 0.5) is 23.0 Å². The number of anilines is 2. The second kappa shape index (κ2) is 34.3. The van der Waals surface area contributed by atoms with Crippen LogP contribution in [0.3, 0.4) is 0 Å². The SMILES string of the molecule is CO.CO.CO.CO.O=[N+]([O-])[O-].O=[N+]([O-])c1ccc([O-])c(/C=N/Nc2ccccn2)c1.O=[N+]([O-])c1ccc([O-])c(/C=N/Nc2ccccn2)c1.[Dy+3]. The van der Waals surface area contributed by atoms with Crippen LogP contribution < -0.4 is 21.1 Å². The molecule has 0 amide bonds. The van der Waals surface area contributed by atoms with Gasteiger partial charge in [-0.1, -0.05) is 35.8 Å². The van der Waals surface area contributed by atoms with Crippen LogP contribution in [0, 0.1) is 73.7 Å². The van der Waals surface area contributed by atoms with Crippen LogP contribution in [-0.4, -0.2) is 86.2 Å². The molecule has 0 fully saturated rings. The molecule has 4 aromatic rings. The van der Waals surface area contributed by atoms with Gasteiger partial charge in [-0.25, -0.2) is 9.97 Å². The number of non-ortho nitro benzene ring substituents is 2. The Kier molecular flexibility index (Phi) is 35.1. The van der Waals surface area contributed by atoms with Gasteiger partial charge in [-0.2, -0.15) is 10.2 Å². The Hall–Kier alpha value is -5.61. The van der Waals surface area contributed by atoms with Gasteiger partial charge in [-0.05, 0) is 35.4 Å². The molecule has 51 heavy (non-hydrogen) atoms. The van der Waals surface area contributed by atoms with E-state index in [1.165, 1.54) is 24.6 Å². The summed E-state index contributed by atoms with van der Waals surface area (Å²) in [6, 6.07) is 17.4. The molecule has 2 aromatic heterocycles. The van der Waals surface area contributed by atoms with Gasteiger partial charge < -0.3 is 46.0 Å². The summed E-state index contributed by atoms with van der Waals surface area (Å²) in [5.41, 5.74) is 5.20. The first-order valence-electron chi connectivity index (χ1n) is 13.0. The Morgan fingerprint density at radius 3 is 1.16 bits per heavy atom. The molecular weight excluding hydrogens is 833 g/mol. The fourth-order valence-electron chi connectivity index (χ4n) is 2.69. The standard InChI is InChI=1S/2C12H10N4O3.4CH4O.Dy.NO3/c2*17-11-5-4-10(16(18)19)7-9(11)8-14-15-12-3-1-2-6-13-12;4*1-2;;2-1(3)4/h2*1-8,17H,(H,13,15);4*2H,1H3;;/q;;;;;;+3;-1/p-2/b2*14-8+;;;;;;. The predicted molar refractivity (Wildman–Crippen MR) is 179 cm³/mol. The number of nitrogens with one attached hydrogen (secondary N) is 2. The van der Waals surface area contributed by atoms with E-state index in [4.69, 9.17) is 35.7 Å². The van der Waals surface area contributed by atoms with Crippen molar-refractivity contribution in [1.29, 1.82) is 0 Å². The average molecular weight is 867 g/mol. The van der Waals surface area contributed by atoms with E-state index >= 15 is 0 Å². The molecule has 23 heteroatoms. The second-order valence-electron chi connectivity index (χ2n) is 7.35. The largest absolute Gasteiger partial charge is 3.00 e. The Morgan fingerprint density at radius 1 is 0.588 bits per heavy atom. The first-order chi connectivity index (χ1) is 24.1. The molecule has 0 saturated heterocycles. The molecule has 0 aliphatic carbocycles. The monoisotopic (exact) mass is 868 g/mol. The van der Waals surface area contributed by atoms with Crippen molar-refractivity contribution in [2.75, 3.05) is 39.3 Å². The summed E-state index contributed by atoms with van der Waals surface area (Å²) in [5, 5.41) is 94.5. The molecule has 0 bridgehead atoms. The van der Waals surface area contributed by atoms with Crippen LogP contribution in [-0.2, 0) is 0 Å². The summed E-state index contributed by atoms with van der Waals surface area (Å²) in [4.78, 5) is 36.2. The summed E-state index contributed by atoms with van der Waals surface area (Å²) < 4.78 is 0. The zero-order chi connectivity index (χ0) is 38.9. The first kappa shape index (κ1) is 52.2. The van der Waals surface area contributed by atoms with Crippen molar-refractivity contribution in [3.8, 4) is 11.5 Å². The number of hydrogen-bond donors (Lipinski definition) is 6. The van der Waals surface area contributed by atoms with Crippen molar-refractivity contribution in [2.24, 2.45) is 10.2 Å². The first-order valence-corrected chi connectivity index (χ1v) is 13.0. The van der Waals surface area contributed by atoms with Gasteiger partial charge in [0.05, 0.1) is 27.4 Å². The number of aliphatic hydroxyl groups excluding tert-OH is 4. The van der Waals surface area contributed by atoms with Crippen molar-refractivity contribution in [2.45, 2.75) is 0 Å². The number of pyridine rings is 2. The van der Waals surface area contributed by atoms with Crippen LogP contribution >= 0.6 is 0 Å². The van der Waals surface area contributed by atoms with Gasteiger partial charge in [0.15, 0.2) is 0 Å². The number of aliphatic hydroxyl groups is 4. The smallest absolute Gasteiger partial charge is 0.872 e.